The van der Waals surface area contributed by atoms with Crippen LogP contribution in [-0.4, -0.2) is 29.6 Å². The van der Waals surface area contributed by atoms with Crippen molar-refractivity contribution in [2.75, 3.05) is 19.0 Å². The topological polar surface area (TPSA) is 64.1 Å². The van der Waals surface area contributed by atoms with E-state index in [2.05, 4.69) is 33.9 Å². The Labute approximate surface area is 106 Å². The second kappa shape index (κ2) is 6.39. The molecule has 0 amide bonds. The molecule has 0 aliphatic rings. The summed E-state index contributed by atoms with van der Waals surface area (Å²) in [6.07, 6.45) is 1.01. The van der Waals surface area contributed by atoms with Crippen molar-refractivity contribution in [2.45, 2.75) is 20.3 Å². The minimum Gasteiger partial charge on any atom is -0.464 e. The van der Waals surface area contributed by atoms with E-state index in [1.165, 1.54) is 13.2 Å². The van der Waals surface area contributed by atoms with Gasteiger partial charge in [0.2, 0.25) is 5.28 Å². The van der Waals surface area contributed by atoms with Crippen LogP contribution >= 0.6 is 11.6 Å². The molecule has 0 fully saturated rings. The third-order valence-electron chi connectivity index (χ3n) is 2.12. The van der Waals surface area contributed by atoms with E-state index in [4.69, 9.17) is 11.6 Å². The van der Waals surface area contributed by atoms with Gasteiger partial charge in [-0.3, -0.25) is 0 Å². The first-order chi connectivity index (χ1) is 8.02. The number of esters is 1. The van der Waals surface area contributed by atoms with Crippen LogP contribution in [-0.2, 0) is 4.74 Å². The van der Waals surface area contributed by atoms with E-state index in [-0.39, 0.29) is 11.0 Å². The summed E-state index contributed by atoms with van der Waals surface area (Å²) in [5.74, 6) is 0.604. The van der Waals surface area contributed by atoms with Crippen molar-refractivity contribution in [1.29, 1.82) is 0 Å². The SMILES string of the molecule is COC(=O)c1cc(NCCC(C)C)nc(Cl)n1. The molecule has 1 rings (SSSR count). The number of methoxy groups -OCH3 is 1. The van der Waals surface area contributed by atoms with Gasteiger partial charge in [-0.2, -0.15) is 0 Å². The van der Waals surface area contributed by atoms with Gasteiger partial charge in [0.05, 0.1) is 7.11 Å². The number of carbonyl (C=O) groups excluding carboxylic acids is 1. The van der Waals surface area contributed by atoms with Crippen LogP contribution in [0, 0.1) is 5.92 Å². The van der Waals surface area contributed by atoms with Crippen LogP contribution in [0.2, 0.25) is 5.28 Å². The summed E-state index contributed by atoms with van der Waals surface area (Å²) in [6.45, 7) is 5.04. The van der Waals surface area contributed by atoms with Crippen LogP contribution in [0.4, 0.5) is 5.82 Å². The van der Waals surface area contributed by atoms with Gasteiger partial charge in [-0.25, -0.2) is 14.8 Å². The number of ether oxygens (including phenoxy) is 1. The lowest BCUT2D eigenvalue weighted by Gasteiger charge is -2.08. The highest BCUT2D eigenvalue weighted by atomic mass is 35.5. The molecule has 17 heavy (non-hydrogen) atoms. The molecular weight excluding hydrogens is 242 g/mol. The molecule has 1 heterocycles. The molecule has 5 nitrogen and oxygen atoms in total. The molecule has 6 heteroatoms. The first-order valence-corrected chi connectivity index (χ1v) is 5.77. The molecule has 94 valence electrons. The number of nitrogens with one attached hydrogen (secondary N) is 1. The maximum absolute atomic E-state index is 11.3. The number of rotatable bonds is 5. The number of nitrogens with zero attached hydrogens (tertiary/aromatic N) is 2. The molecule has 0 aromatic carbocycles. The number of anilines is 1. The fourth-order valence-electron chi connectivity index (χ4n) is 1.21. The summed E-state index contributed by atoms with van der Waals surface area (Å²) >= 11 is 5.72. The zero-order chi connectivity index (χ0) is 12.8. The Kier molecular flexibility index (Phi) is 5.15. The minimum absolute atomic E-state index is 0.0277. The molecule has 1 aromatic heterocycles. The van der Waals surface area contributed by atoms with E-state index in [1.807, 2.05) is 0 Å². The average molecular weight is 258 g/mol. The number of aromatic nitrogens is 2. The summed E-state index contributed by atoms with van der Waals surface area (Å²) in [5.41, 5.74) is 0.152. The van der Waals surface area contributed by atoms with Crippen molar-refractivity contribution in [3.8, 4) is 0 Å². The van der Waals surface area contributed by atoms with Gasteiger partial charge in [-0.15, -0.1) is 0 Å². The quantitative estimate of drug-likeness (QED) is 0.648. The maximum atomic E-state index is 11.3. The van der Waals surface area contributed by atoms with Gasteiger partial charge in [-0.05, 0) is 23.9 Å². The van der Waals surface area contributed by atoms with E-state index >= 15 is 0 Å². The Morgan fingerprint density at radius 3 is 2.82 bits per heavy atom. The van der Waals surface area contributed by atoms with Crippen molar-refractivity contribution in [3.05, 3.63) is 17.0 Å². The van der Waals surface area contributed by atoms with Crippen LogP contribution in [0.25, 0.3) is 0 Å². The van der Waals surface area contributed by atoms with Crippen molar-refractivity contribution in [3.63, 3.8) is 0 Å². The number of carbonyl (C=O) groups is 1. The Bertz CT molecular complexity index is 396. The molecule has 0 atom stereocenters. The summed E-state index contributed by atoms with van der Waals surface area (Å²) in [7, 11) is 1.30. The standard InChI is InChI=1S/C11H16ClN3O2/c1-7(2)4-5-13-9-6-8(10(16)17-3)14-11(12)15-9/h6-7H,4-5H2,1-3H3,(H,13,14,15). The molecule has 0 saturated carbocycles. The van der Waals surface area contributed by atoms with E-state index in [1.54, 1.807) is 0 Å². The Balaban J connectivity index is 2.72. The zero-order valence-corrected chi connectivity index (χ0v) is 10.9. The fraction of sp³-hybridized carbons (Fsp3) is 0.545. The molecule has 1 aromatic rings. The monoisotopic (exact) mass is 257 g/mol. The molecule has 0 unspecified atom stereocenters. The van der Waals surface area contributed by atoms with Crippen LogP contribution in [0.1, 0.15) is 30.8 Å². The van der Waals surface area contributed by atoms with Gasteiger partial charge in [0.25, 0.3) is 0 Å². The molecule has 0 spiro atoms. The summed E-state index contributed by atoms with van der Waals surface area (Å²) < 4.78 is 4.57. The third-order valence-corrected chi connectivity index (χ3v) is 2.29. The van der Waals surface area contributed by atoms with Gasteiger partial charge in [0, 0.05) is 12.6 Å². The van der Waals surface area contributed by atoms with Gasteiger partial charge < -0.3 is 10.1 Å². The van der Waals surface area contributed by atoms with Crippen LogP contribution in [0.15, 0.2) is 6.07 Å². The predicted molar refractivity (Wildman–Crippen MR) is 66.3 cm³/mol. The average Bonchev–Trinajstić information content (AvgIpc) is 2.26. The molecule has 1 N–H and O–H groups in total. The van der Waals surface area contributed by atoms with Gasteiger partial charge >= 0.3 is 5.97 Å². The molecular formula is C11H16ClN3O2. The minimum atomic E-state index is -0.527. The summed E-state index contributed by atoms with van der Waals surface area (Å²) in [6, 6.07) is 1.53. The highest BCUT2D eigenvalue weighted by Gasteiger charge is 2.10. The summed E-state index contributed by atoms with van der Waals surface area (Å²) in [5, 5.41) is 3.12. The van der Waals surface area contributed by atoms with Crippen LogP contribution in [0.5, 0.6) is 0 Å². The lowest BCUT2D eigenvalue weighted by atomic mass is 10.1. The summed E-state index contributed by atoms with van der Waals surface area (Å²) in [4.78, 5) is 19.1. The Morgan fingerprint density at radius 2 is 2.24 bits per heavy atom. The number of hydrogen-bond acceptors (Lipinski definition) is 5. The Morgan fingerprint density at radius 1 is 1.53 bits per heavy atom. The molecule has 0 aliphatic carbocycles. The highest BCUT2D eigenvalue weighted by molar-refractivity contribution is 6.28. The van der Waals surface area contributed by atoms with Crippen molar-refractivity contribution in [1.82, 2.24) is 9.97 Å². The Hall–Kier alpha value is -1.36. The van der Waals surface area contributed by atoms with Crippen LogP contribution < -0.4 is 5.32 Å². The fourth-order valence-corrected chi connectivity index (χ4v) is 1.39. The molecule has 0 saturated heterocycles. The van der Waals surface area contributed by atoms with E-state index in [0.717, 1.165) is 13.0 Å². The number of halogens is 1. The van der Waals surface area contributed by atoms with Crippen LogP contribution in [0.3, 0.4) is 0 Å². The van der Waals surface area contributed by atoms with Crippen molar-refractivity contribution in [2.24, 2.45) is 5.92 Å². The van der Waals surface area contributed by atoms with E-state index in [9.17, 15) is 4.79 Å². The zero-order valence-electron chi connectivity index (χ0n) is 10.2. The number of hydrogen-bond donors (Lipinski definition) is 1. The molecule has 0 bridgehead atoms. The van der Waals surface area contributed by atoms with Crippen molar-refractivity contribution >= 4 is 23.4 Å². The first kappa shape index (κ1) is 13.7. The maximum Gasteiger partial charge on any atom is 0.356 e. The van der Waals surface area contributed by atoms with Gasteiger partial charge in [0.1, 0.15) is 5.82 Å². The smallest absolute Gasteiger partial charge is 0.356 e. The largest absolute Gasteiger partial charge is 0.464 e. The van der Waals surface area contributed by atoms with E-state index < -0.39 is 5.97 Å². The normalized spacial score (nSPS) is 10.4. The first-order valence-electron chi connectivity index (χ1n) is 5.39. The predicted octanol–water partition coefficient (Wildman–Crippen LogP) is 2.37. The highest BCUT2D eigenvalue weighted by Crippen LogP contribution is 2.12. The molecule has 0 aliphatic heterocycles. The van der Waals surface area contributed by atoms with E-state index in [0.29, 0.717) is 11.7 Å². The molecule has 0 radical (unpaired) electrons. The van der Waals surface area contributed by atoms with Crippen molar-refractivity contribution < 1.29 is 9.53 Å². The lowest BCUT2D eigenvalue weighted by molar-refractivity contribution is 0.0594. The third kappa shape index (κ3) is 4.56. The van der Waals surface area contributed by atoms with Gasteiger partial charge in [0.15, 0.2) is 5.69 Å². The second-order valence-electron chi connectivity index (χ2n) is 4.01. The second-order valence-corrected chi connectivity index (χ2v) is 4.35. The van der Waals surface area contributed by atoms with Gasteiger partial charge in [-0.1, -0.05) is 13.8 Å². The lowest BCUT2D eigenvalue weighted by Crippen LogP contribution is -2.10.